The van der Waals surface area contributed by atoms with Gasteiger partial charge in [-0.05, 0) is 47.6 Å². The van der Waals surface area contributed by atoms with Crippen molar-refractivity contribution in [3.05, 3.63) is 137 Å². The van der Waals surface area contributed by atoms with Crippen LogP contribution < -0.4 is 9.80 Å². The van der Waals surface area contributed by atoms with E-state index >= 15 is 0 Å². The second-order valence-electron chi connectivity index (χ2n) is 7.36. The van der Waals surface area contributed by atoms with E-state index < -0.39 is 42.4 Å². The number of nitro groups is 4. The van der Waals surface area contributed by atoms with Gasteiger partial charge in [0.05, 0.1) is 31.8 Å². The summed E-state index contributed by atoms with van der Waals surface area (Å²) >= 11 is 0. The maximum Gasteiger partial charge on any atom is 0.300 e. The molecule has 2 aromatic rings. The Hall–Kier alpha value is -5.66. The number of hydrogen-bond donors (Lipinski definition) is 0. The highest BCUT2D eigenvalue weighted by Gasteiger charge is 2.24. The fourth-order valence-corrected chi connectivity index (χ4v) is 3.54. The third kappa shape index (κ3) is 4.54. The molecule has 0 unspecified atom stereocenters. The molecule has 2 aliphatic rings. The molecule has 0 aromatic heterocycles. The number of rotatable bonds is 6. The fraction of sp³-hybridized carbons (Fsp3) is 0. The first-order chi connectivity index (χ1) is 17.2. The van der Waals surface area contributed by atoms with Crippen LogP contribution in [0.5, 0.6) is 0 Å². The zero-order valence-electron chi connectivity index (χ0n) is 18.0. The zero-order valence-corrected chi connectivity index (χ0v) is 18.0. The molecule has 180 valence electrons. The Morgan fingerprint density at radius 3 is 1.11 bits per heavy atom. The van der Waals surface area contributed by atoms with Gasteiger partial charge in [0.15, 0.2) is 0 Å². The molecule has 2 aromatic carbocycles. The summed E-state index contributed by atoms with van der Waals surface area (Å²) in [6.45, 7) is 0. The van der Waals surface area contributed by atoms with E-state index in [1.54, 1.807) is 49.1 Å². The lowest BCUT2D eigenvalue weighted by Crippen LogP contribution is -2.14. The van der Waals surface area contributed by atoms with Crippen LogP contribution in [0.1, 0.15) is 0 Å². The summed E-state index contributed by atoms with van der Waals surface area (Å²) in [5, 5.41) is 44.7. The van der Waals surface area contributed by atoms with E-state index in [0.717, 1.165) is 23.3 Å². The minimum atomic E-state index is -0.711. The molecular weight excluding hydrogens is 476 g/mol. The van der Waals surface area contributed by atoms with Gasteiger partial charge >= 0.3 is 0 Å². The highest BCUT2D eigenvalue weighted by molar-refractivity contribution is 5.73. The van der Waals surface area contributed by atoms with E-state index in [0.29, 0.717) is 0 Å². The molecule has 0 aliphatic carbocycles. The van der Waals surface area contributed by atoms with Crippen molar-refractivity contribution in [2.24, 2.45) is 0 Å². The standard InChI is InChI=1S/C22H14N6O8/c29-25(30)17-1-3-19(21(13-17)27(33)34)23-9-5-15(6-10-23)16-7-11-24(12-8-16)20-4-2-18(26(31)32)14-22(20)28(35)36/h1-14H. The highest BCUT2D eigenvalue weighted by atomic mass is 16.6. The number of nitro benzene ring substituents is 4. The Balaban J connectivity index is 1.57. The van der Waals surface area contributed by atoms with Crippen LogP contribution in [0, 0.1) is 40.5 Å². The molecule has 4 rings (SSSR count). The van der Waals surface area contributed by atoms with Crippen molar-refractivity contribution in [3.8, 4) is 0 Å². The first kappa shape index (κ1) is 23.5. The second kappa shape index (κ2) is 9.30. The first-order valence-corrected chi connectivity index (χ1v) is 10.0. The molecule has 2 heterocycles. The van der Waals surface area contributed by atoms with Gasteiger partial charge in [0.2, 0.25) is 0 Å². The number of nitrogens with zero attached hydrogens (tertiary/aromatic N) is 6. The van der Waals surface area contributed by atoms with Crippen molar-refractivity contribution in [1.29, 1.82) is 0 Å². The third-order valence-electron chi connectivity index (χ3n) is 5.28. The van der Waals surface area contributed by atoms with Crippen molar-refractivity contribution >= 4 is 34.1 Å². The second-order valence-corrected chi connectivity index (χ2v) is 7.36. The Morgan fingerprint density at radius 1 is 0.500 bits per heavy atom. The molecule has 0 amide bonds. The predicted octanol–water partition coefficient (Wildman–Crippen LogP) is 5.01. The number of non-ortho nitro benzene ring substituents is 2. The average Bonchev–Trinajstić information content (AvgIpc) is 2.88. The molecule has 14 heteroatoms. The van der Waals surface area contributed by atoms with Crippen LogP contribution in [0.3, 0.4) is 0 Å². The zero-order chi connectivity index (χ0) is 26.0. The van der Waals surface area contributed by atoms with Crippen LogP contribution in [0.2, 0.25) is 0 Å². The van der Waals surface area contributed by atoms with Gasteiger partial charge in [-0.1, -0.05) is 0 Å². The van der Waals surface area contributed by atoms with E-state index in [2.05, 4.69) is 0 Å². The normalized spacial score (nSPS) is 14.3. The molecule has 0 radical (unpaired) electrons. The smallest absolute Gasteiger partial charge is 0.300 e. The Morgan fingerprint density at radius 2 is 0.833 bits per heavy atom. The van der Waals surface area contributed by atoms with Crippen LogP contribution in [-0.4, -0.2) is 19.7 Å². The van der Waals surface area contributed by atoms with E-state index in [-0.39, 0.29) is 11.4 Å². The summed E-state index contributed by atoms with van der Waals surface area (Å²) in [4.78, 5) is 44.8. The summed E-state index contributed by atoms with van der Waals surface area (Å²) in [6.07, 6.45) is 13.0. The van der Waals surface area contributed by atoms with Crippen molar-refractivity contribution in [2.45, 2.75) is 0 Å². The molecule has 0 N–H and O–H groups in total. The topological polar surface area (TPSA) is 179 Å². The van der Waals surface area contributed by atoms with Gasteiger partial charge in [0.25, 0.3) is 22.7 Å². The van der Waals surface area contributed by atoms with E-state index in [1.807, 2.05) is 0 Å². The van der Waals surface area contributed by atoms with Crippen LogP contribution in [0.15, 0.2) is 96.6 Å². The summed E-state index contributed by atoms with van der Waals surface area (Å²) in [6, 6.07) is 6.72. The molecule has 0 spiro atoms. The molecule has 0 atom stereocenters. The molecule has 14 nitrogen and oxygen atoms in total. The van der Waals surface area contributed by atoms with Gasteiger partial charge in [0, 0.05) is 36.9 Å². The molecule has 0 bridgehead atoms. The summed E-state index contributed by atoms with van der Waals surface area (Å²) in [7, 11) is 0. The molecule has 0 saturated heterocycles. The molecular formula is C22H14N6O8. The number of benzene rings is 2. The first-order valence-electron chi connectivity index (χ1n) is 10.0. The predicted molar refractivity (Wildman–Crippen MR) is 128 cm³/mol. The molecule has 36 heavy (non-hydrogen) atoms. The SMILES string of the molecule is O=[N+]([O-])c1ccc(N2C=CC(=C3C=CN(c4ccc([N+](=O)[O-])cc4[N+](=O)[O-])C=C3)C=C2)c([N+](=O)[O-])c1. The summed E-state index contributed by atoms with van der Waals surface area (Å²) in [5.41, 5.74) is 0.103. The minimum absolute atomic E-state index is 0.147. The van der Waals surface area contributed by atoms with E-state index in [9.17, 15) is 40.5 Å². The van der Waals surface area contributed by atoms with E-state index in [4.69, 9.17) is 0 Å². The van der Waals surface area contributed by atoms with Crippen molar-refractivity contribution in [3.63, 3.8) is 0 Å². The lowest BCUT2D eigenvalue weighted by molar-refractivity contribution is -0.393. The van der Waals surface area contributed by atoms with Gasteiger partial charge in [-0.25, -0.2) is 0 Å². The van der Waals surface area contributed by atoms with Gasteiger partial charge < -0.3 is 9.80 Å². The Kier molecular flexibility index (Phi) is 6.07. The molecule has 2 aliphatic heterocycles. The fourth-order valence-electron chi connectivity index (χ4n) is 3.54. The maximum absolute atomic E-state index is 11.4. The van der Waals surface area contributed by atoms with Gasteiger partial charge in [-0.3, -0.25) is 40.5 Å². The van der Waals surface area contributed by atoms with Gasteiger partial charge in [-0.15, -0.1) is 0 Å². The van der Waals surface area contributed by atoms with Crippen LogP contribution >= 0.6 is 0 Å². The number of allylic oxidation sites excluding steroid dienone is 6. The average molecular weight is 490 g/mol. The van der Waals surface area contributed by atoms with Crippen molar-refractivity contribution < 1.29 is 19.7 Å². The highest BCUT2D eigenvalue weighted by Crippen LogP contribution is 2.36. The lowest BCUT2D eigenvalue weighted by Gasteiger charge is -2.21. The lowest BCUT2D eigenvalue weighted by atomic mass is 10.0. The quantitative estimate of drug-likeness (QED) is 0.394. The van der Waals surface area contributed by atoms with Crippen LogP contribution in [0.4, 0.5) is 34.1 Å². The summed E-state index contributed by atoms with van der Waals surface area (Å²) < 4.78 is 0. The van der Waals surface area contributed by atoms with Gasteiger partial charge in [-0.2, -0.15) is 0 Å². The maximum atomic E-state index is 11.4. The Bertz CT molecular complexity index is 1330. The number of hydrogen-bond acceptors (Lipinski definition) is 10. The molecule has 0 saturated carbocycles. The van der Waals surface area contributed by atoms with Crippen LogP contribution in [0.25, 0.3) is 0 Å². The van der Waals surface area contributed by atoms with E-state index in [1.165, 1.54) is 34.1 Å². The van der Waals surface area contributed by atoms with Gasteiger partial charge in [0.1, 0.15) is 11.4 Å². The minimum Gasteiger partial charge on any atom is -0.318 e. The Labute approximate surface area is 201 Å². The summed E-state index contributed by atoms with van der Waals surface area (Å²) in [5.74, 6) is 0. The van der Waals surface area contributed by atoms with Crippen molar-refractivity contribution in [1.82, 2.24) is 0 Å². The van der Waals surface area contributed by atoms with Crippen LogP contribution in [-0.2, 0) is 0 Å². The molecule has 0 fully saturated rings. The van der Waals surface area contributed by atoms with Crippen molar-refractivity contribution in [2.75, 3.05) is 9.80 Å². The largest absolute Gasteiger partial charge is 0.318 e. The monoisotopic (exact) mass is 490 g/mol. The number of anilines is 2. The third-order valence-corrected chi connectivity index (χ3v) is 5.28.